The van der Waals surface area contributed by atoms with E-state index in [0.29, 0.717) is 12.8 Å². The van der Waals surface area contributed by atoms with Crippen LogP contribution in [0.5, 0.6) is 0 Å². The zero-order valence-corrected chi connectivity index (χ0v) is 17.8. The summed E-state index contributed by atoms with van der Waals surface area (Å²) in [6, 6.07) is 0. The molecule has 0 rings (SSSR count). The largest absolute Gasteiger partial charge is 0.458 e. The molecule has 150 valence electrons. The van der Waals surface area contributed by atoms with Crippen LogP contribution in [0.2, 0.25) is 0 Å². The summed E-state index contributed by atoms with van der Waals surface area (Å²) in [5.74, 6) is -0.406. The first-order valence-corrected chi connectivity index (χ1v) is 9.37. The lowest BCUT2D eigenvalue weighted by Crippen LogP contribution is -2.37. The third kappa shape index (κ3) is 14.2. The average molecular weight is 361 g/mol. The SMILES string of the molecule is CC(O)CC(C)(C)OOC(CCCCC(C)(C)C)C(=O)OC(C)(C)C. The Hall–Kier alpha value is -0.650. The summed E-state index contributed by atoms with van der Waals surface area (Å²) in [5.41, 5.74) is -0.975. The van der Waals surface area contributed by atoms with Crippen molar-refractivity contribution < 1.29 is 24.4 Å². The summed E-state index contributed by atoms with van der Waals surface area (Å²) in [4.78, 5) is 23.3. The van der Waals surface area contributed by atoms with E-state index in [-0.39, 0.29) is 5.41 Å². The number of aliphatic hydroxyl groups excluding tert-OH is 1. The number of aliphatic hydroxyl groups is 1. The Bertz CT molecular complexity index is 388. The molecular weight excluding hydrogens is 320 g/mol. The molecule has 0 aliphatic rings. The Morgan fingerprint density at radius 3 is 2.00 bits per heavy atom. The van der Waals surface area contributed by atoms with Crippen LogP contribution in [0, 0.1) is 5.41 Å². The maximum Gasteiger partial charge on any atom is 0.339 e. The highest BCUT2D eigenvalue weighted by Gasteiger charge is 2.30. The van der Waals surface area contributed by atoms with Gasteiger partial charge in [0, 0.05) is 6.42 Å². The highest BCUT2D eigenvalue weighted by Crippen LogP contribution is 2.24. The van der Waals surface area contributed by atoms with Gasteiger partial charge in [0.25, 0.3) is 0 Å². The van der Waals surface area contributed by atoms with Crippen molar-refractivity contribution in [3.05, 3.63) is 0 Å². The van der Waals surface area contributed by atoms with Gasteiger partial charge in [0.15, 0.2) is 6.10 Å². The number of hydrogen-bond acceptors (Lipinski definition) is 5. The van der Waals surface area contributed by atoms with Gasteiger partial charge >= 0.3 is 5.97 Å². The number of unbranched alkanes of at least 4 members (excludes halogenated alkanes) is 1. The normalized spacial score (nSPS) is 15.8. The summed E-state index contributed by atoms with van der Waals surface area (Å²) in [6.45, 7) is 17.5. The quantitative estimate of drug-likeness (QED) is 0.262. The molecule has 0 bridgehead atoms. The van der Waals surface area contributed by atoms with Gasteiger partial charge in [0.1, 0.15) is 11.2 Å². The fourth-order valence-electron chi connectivity index (χ4n) is 2.49. The number of hydrogen-bond donors (Lipinski definition) is 1. The van der Waals surface area contributed by atoms with Gasteiger partial charge in [-0.15, -0.1) is 0 Å². The van der Waals surface area contributed by atoms with Crippen molar-refractivity contribution in [2.45, 2.75) is 118 Å². The van der Waals surface area contributed by atoms with Gasteiger partial charge in [-0.05, 0) is 59.8 Å². The standard InChI is InChI=1S/C20H40O5/c1-15(21)14-20(8,9)25-24-16(17(22)23-19(5,6)7)12-10-11-13-18(2,3)4/h15-16,21H,10-14H2,1-9H3. The van der Waals surface area contributed by atoms with E-state index in [1.807, 2.05) is 34.6 Å². The van der Waals surface area contributed by atoms with E-state index < -0.39 is 29.4 Å². The second kappa shape index (κ2) is 9.89. The molecule has 0 saturated carbocycles. The molecular formula is C20H40O5. The Morgan fingerprint density at radius 2 is 1.56 bits per heavy atom. The van der Waals surface area contributed by atoms with Gasteiger partial charge in [0.05, 0.1) is 6.10 Å². The van der Waals surface area contributed by atoms with Crippen molar-refractivity contribution in [2.24, 2.45) is 5.41 Å². The molecule has 0 aromatic rings. The highest BCUT2D eigenvalue weighted by molar-refractivity contribution is 5.75. The molecule has 2 atom stereocenters. The monoisotopic (exact) mass is 360 g/mol. The molecule has 5 heteroatoms. The van der Waals surface area contributed by atoms with Crippen LogP contribution in [0.15, 0.2) is 0 Å². The minimum atomic E-state index is -0.757. The maximum atomic E-state index is 12.4. The van der Waals surface area contributed by atoms with Crippen LogP contribution in [-0.2, 0) is 19.3 Å². The van der Waals surface area contributed by atoms with Crippen LogP contribution in [0.1, 0.15) is 94.4 Å². The van der Waals surface area contributed by atoms with E-state index in [1.54, 1.807) is 6.92 Å². The molecule has 0 saturated heterocycles. The molecule has 0 spiro atoms. The lowest BCUT2D eigenvalue weighted by Gasteiger charge is -2.29. The van der Waals surface area contributed by atoms with Gasteiger partial charge in [0.2, 0.25) is 0 Å². The zero-order valence-electron chi connectivity index (χ0n) is 17.8. The molecule has 0 heterocycles. The van der Waals surface area contributed by atoms with E-state index in [2.05, 4.69) is 20.8 Å². The van der Waals surface area contributed by atoms with Gasteiger partial charge in [-0.3, -0.25) is 0 Å². The molecule has 0 fully saturated rings. The second-order valence-corrected chi connectivity index (χ2v) is 9.82. The number of carbonyl (C=O) groups excluding carboxylic acids is 1. The van der Waals surface area contributed by atoms with E-state index in [1.165, 1.54) is 0 Å². The third-order valence-corrected chi connectivity index (χ3v) is 3.49. The van der Waals surface area contributed by atoms with Gasteiger partial charge < -0.3 is 9.84 Å². The lowest BCUT2D eigenvalue weighted by molar-refractivity contribution is -0.376. The van der Waals surface area contributed by atoms with Crippen molar-refractivity contribution in [3.8, 4) is 0 Å². The summed E-state index contributed by atoms with van der Waals surface area (Å²) >= 11 is 0. The van der Waals surface area contributed by atoms with Crippen molar-refractivity contribution in [1.29, 1.82) is 0 Å². The first-order valence-electron chi connectivity index (χ1n) is 9.37. The summed E-state index contributed by atoms with van der Waals surface area (Å²) in [7, 11) is 0. The Kier molecular flexibility index (Phi) is 9.63. The fraction of sp³-hybridized carbons (Fsp3) is 0.950. The highest BCUT2D eigenvalue weighted by atomic mass is 17.2. The minimum absolute atomic E-state index is 0.276. The van der Waals surface area contributed by atoms with E-state index in [4.69, 9.17) is 14.5 Å². The van der Waals surface area contributed by atoms with Crippen LogP contribution >= 0.6 is 0 Å². The van der Waals surface area contributed by atoms with Crippen molar-refractivity contribution in [2.75, 3.05) is 0 Å². The topological polar surface area (TPSA) is 65.0 Å². The van der Waals surface area contributed by atoms with Gasteiger partial charge in [-0.2, -0.15) is 0 Å². The molecule has 1 N–H and O–H groups in total. The molecule has 0 amide bonds. The van der Waals surface area contributed by atoms with Crippen LogP contribution in [0.25, 0.3) is 0 Å². The van der Waals surface area contributed by atoms with Crippen LogP contribution in [0.3, 0.4) is 0 Å². The maximum absolute atomic E-state index is 12.4. The average Bonchev–Trinajstić information content (AvgIpc) is 2.32. The molecule has 0 radical (unpaired) electrons. The Balaban J connectivity index is 4.70. The van der Waals surface area contributed by atoms with E-state index in [9.17, 15) is 9.90 Å². The summed E-state index contributed by atoms with van der Waals surface area (Å²) in [5, 5.41) is 9.54. The molecule has 25 heavy (non-hydrogen) atoms. The smallest absolute Gasteiger partial charge is 0.339 e. The first-order chi connectivity index (χ1) is 11.1. The summed E-state index contributed by atoms with van der Waals surface area (Å²) < 4.78 is 5.45. The van der Waals surface area contributed by atoms with Gasteiger partial charge in [-0.25, -0.2) is 14.6 Å². The van der Waals surface area contributed by atoms with Crippen LogP contribution in [0.4, 0.5) is 0 Å². The number of esters is 1. The van der Waals surface area contributed by atoms with Crippen LogP contribution in [-0.4, -0.2) is 34.5 Å². The minimum Gasteiger partial charge on any atom is -0.458 e. The molecule has 0 aromatic heterocycles. The van der Waals surface area contributed by atoms with Crippen LogP contribution < -0.4 is 0 Å². The second-order valence-electron chi connectivity index (χ2n) is 9.82. The van der Waals surface area contributed by atoms with Gasteiger partial charge in [-0.1, -0.05) is 33.6 Å². The number of carbonyl (C=O) groups is 1. The molecule has 0 aromatic carbocycles. The third-order valence-electron chi connectivity index (χ3n) is 3.49. The van der Waals surface area contributed by atoms with Crippen molar-refractivity contribution >= 4 is 5.97 Å². The molecule has 5 nitrogen and oxygen atoms in total. The number of ether oxygens (including phenoxy) is 1. The zero-order chi connectivity index (χ0) is 19.9. The predicted octanol–water partition coefficient (Wildman–Crippen LogP) is 4.80. The number of rotatable bonds is 10. The Morgan fingerprint density at radius 1 is 1.00 bits per heavy atom. The molecule has 2 unspecified atom stereocenters. The van der Waals surface area contributed by atoms with Crippen molar-refractivity contribution in [3.63, 3.8) is 0 Å². The molecule has 0 aliphatic carbocycles. The summed E-state index contributed by atoms with van der Waals surface area (Å²) in [6.07, 6.45) is 2.67. The lowest BCUT2D eigenvalue weighted by atomic mass is 9.89. The first kappa shape index (κ1) is 24.4. The predicted molar refractivity (Wildman–Crippen MR) is 100 cm³/mol. The van der Waals surface area contributed by atoms with E-state index in [0.717, 1.165) is 19.3 Å². The van der Waals surface area contributed by atoms with E-state index >= 15 is 0 Å². The fourth-order valence-corrected chi connectivity index (χ4v) is 2.49. The Labute approximate surface area is 154 Å². The van der Waals surface area contributed by atoms with Crippen molar-refractivity contribution in [1.82, 2.24) is 0 Å². The molecule has 0 aliphatic heterocycles.